The Kier molecular flexibility index (Phi) is 9.44. The van der Waals surface area contributed by atoms with E-state index in [9.17, 15) is 24.0 Å². The molecular formula is C36H38ClN9O6. The van der Waals surface area contributed by atoms with Crippen molar-refractivity contribution in [2.45, 2.75) is 44.3 Å². The number of anilines is 4. The van der Waals surface area contributed by atoms with Crippen molar-refractivity contribution < 1.29 is 23.9 Å². The first-order valence-electron chi connectivity index (χ1n) is 17.0. The molecule has 7 rings (SSSR count). The van der Waals surface area contributed by atoms with E-state index in [-0.39, 0.29) is 48.1 Å². The molecule has 4 amide bonds. The first-order chi connectivity index (χ1) is 25.0. The summed E-state index contributed by atoms with van der Waals surface area (Å²) in [7, 11) is 5.19. The first kappa shape index (κ1) is 34.7. The zero-order chi connectivity index (χ0) is 36.7. The second kappa shape index (κ2) is 14.1. The van der Waals surface area contributed by atoms with Gasteiger partial charge in [-0.25, -0.2) is 4.98 Å². The Labute approximate surface area is 303 Å². The number of carbonyl (C=O) groups is 4. The molecule has 0 bridgehead atoms. The normalized spacial score (nSPS) is 17.6. The number of likely N-dealkylation sites (N-methyl/N-ethyl adjacent to an activating group) is 1. The number of rotatable bonds is 9. The molecule has 0 aliphatic carbocycles. The Morgan fingerprint density at radius 2 is 1.87 bits per heavy atom. The maximum absolute atomic E-state index is 13.2. The second-order valence-corrected chi connectivity index (χ2v) is 13.6. The number of ether oxygens (including phenoxy) is 1. The van der Waals surface area contributed by atoms with Gasteiger partial charge >= 0.3 is 0 Å². The van der Waals surface area contributed by atoms with E-state index in [1.54, 1.807) is 24.2 Å². The van der Waals surface area contributed by atoms with Crippen LogP contribution in [-0.2, 0) is 28.0 Å². The summed E-state index contributed by atoms with van der Waals surface area (Å²) in [5, 5.41) is 9.17. The fourth-order valence-corrected chi connectivity index (χ4v) is 7.17. The number of imide groups is 1. The Balaban J connectivity index is 1.00. The fraction of sp³-hybridized carbons (Fsp3) is 0.361. The Morgan fingerprint density at radius 1 is 1.08 bits per heavy atom. The molecule has 2 aromatic heterocycles. The second-order valence-electron chi connectivity index (χ2n) is 13.2. The van der Waals surface area contributed by atoms with Crippen LogP contribution in [-0.4, -0.2) is 88.9 Å². The van der Waals surface area contributed by atoms with Gasteiger partial charge in [-0.2, -0.15) is 4.98 Å². The summed E-state index contributed by atoms with van der Waals surface area (Å²) in [6.45, 7) is 1.49. The molecule has 2 fully saturated rings. The van der Waals surface area contributed by atoms with Crippen molar-refractivity contribution in [1.29, 1.82) is 0 Å². The predicted molar refractivity (Wildman–Crippen MR) is 195 cm³/mol. The number of halogens is 1. The average Bonchev–Trinajstić information content (AvgIpc) is 3.47. The van der Waals surface area contributed by atoms with Gasteiger partial charge in [0.2, 0.25) is 17.8 Å². The molecule has 270 valence electrons. The van der Waals surface area contributed by atoms with Crippen LogP contribution >= 0.6 is 11.6 Å². The van der Waals surface area contributed by atoms with Gasteiger partial charge in [0.15, 0.2) is 18.2 Å². The molecule has 52 heavy (non-hydrogen) atoms. The van der Waals surface area contributed by atoms with E-state index in [0.29, 0.717) is 59.6 Å². The van der Waals surface area contributed by atoms with Gasteiger partial charge in [0.25, 0.3) is 17.4 Å². The Hall–Kier alpha value is -5.70. The van der Waals surface area contributed by atoms with E-state index in [2.05, 4.69) is 37.8 Å². The van der Waals surface area contributed by atoms with Crippen molar-refractivity contribution in [3.63, 3.8) is 0 Å². The molecule has 1 atom stereocenters. The lowest BCUT2D eigenvalue weighted by molar-refractivity contribution is -0.137. The molecule has 3 N–H and O–H groups in total. The minimum Gasteiger partial charge on any atom is -0.478 e. The van der Waals surface area contributed by atoms with Crippen molar-refractivity contribution in [3.8, 4) is 5.75 Å². The summed E-state index contributed by atoms with van der Waals surface area (Å²) < 4.78 is 6.96. The van der Waals surface area contributed by atoms with Crippen molar-refractivity contribution in [2.75, 3.05) is 48.9 Å². The number of pyridine rings is 1. The molecule has 16 heteroatoms. The van der Waals surface area contributed by atoms with Crippen molar-refractivity contribution in [1.82, 2.24) is 30.1 Å². The zero-order valence-electron chi connectivity index (χ0n) is 28.9. The largest absolute Gasteiger partial charge is 0.478 e. The van der Waals surface area contributed by atoms with Crippen LogP contribution in [0.15, 0.2) is 53.5 Å². The van der Waals surface area contributed by atoms with E-state index in [0.717, 1.165) is 29.5 Å². The number of aromatic nitrogens is 3. The molecule has 5 heterocycles. The molecule has 2 aromatic carbocycles. The fourth-order valence-electron chi connectivity index (χ4n) is 7.03. The van der Waals surface area contributed by atoms with Crippen molar-refractivity contribution in [2.24, 2.45) is 7.05 Å². The van der Waals surface area contributed by atoms with Gasteiger partial charge in [0.1, 0.15) is 11.1 Å². The summed E-state index contributed by atoms with van der Waals surface area (Å²) in [5.74, 6) is -0.208. The molecule has 1 unspecified atom stereocenters. The van der Waals surface area contributed by atoms with Crippen LogP contribution in [0.3, 0.4) is 0 Å². The van der Waals surface area contributed by atoms with E-state index in [4.69, 9.17) is 21.3 Å². The van der Waals surface area contributed by atoms with Gasteiger partial charge in [-0.15, -0.1) is 0 Å². The molecular weight excluding hydrogens is 690 g/mol. The molecule has 0 spiro atoms. The van der Waals surface area contributed by atoms with Crippen molar-refractivity contribution >= 4 is 69.3 Å². The third-order valence-electron chi connectivity index (χ3n) is 10.0. The maximum atomic E-state index is 13.2. The smallest absolute Gasteiger partial charge is 0.293 e. The van der Waals surface area contributed by atoms with E-state index >= 15 is 0 Å². The van der Waals surface area contributed by atoms with Gasteiger partial charge in [-0.3, -0.25) is 29.3 Å². The van der Waals surface area contributed by atoms with Gasteiger partial charge in [0, 0.05) is 75.6 Å². The number of piperidine rings is 2. The maximum Gasteiger partial charge on any atom is 0.293 e. The van der Waals surface area contributed by atoms with Crippen LogP contribution in [0.5, 0.6) is 5.75 Å². The minimum atomic E-state index is -0.645. The minimum absolute atomic E-state index is 0.0647. The number of aryl methyl sites for hydroxylation is 1. The van der Waals surface area contributed by atoms with Gasteiger partial charge < -0.3 is 34.6 Å². The number of nitrogens with zero attached hydrogens (tertiary/aromatic N) is 6. The summed E-state index contributed by atoms with van der Waals surface area (Å²) in [5.41, 5.74) is 3.48. The molecule has 2 saturated heterocycles. The highest BCUT2D eigenvalue weighted by atomic mass is 35.5. The van der Waals surface area contributed by atoms with Crippen LogP contribution in [0, 0.1) is 0 Å². The van der Waals surface area contributed by atoms with Crippen LogP contribution in [0.25, 0.3) is 10.9 Å². The quantitative estimate of drug-likeness (QED) is 0.217. The third-order valence-corrected chi connectivity index (χ3v) is 10.3. The lowest BCUT2D eigenvalue weighted by Gasteiger charge is -2.38. The zero-order valence-corrected chi connectivity index (χ0v) is 29.7. The lowest BCUT2D eigenvalue weighted by Crippen LogP contribution is -2.52. The molecule has 15 nitrogen and oxygen atoms in total. The number of hydrogen-bond acceptors (Lipinski definition) is 11. The number of benzene rings is 2. The van der Waals surface area contributed by atoms with Crippen molar-refractivity contribution in [3.05, 3.63) is 75.2 Å². The number of amides is 4. The molecule has 0 saturated carbocycles. The third kappa shape index (κ3) is 6.70. The molecule has 4 aromatic rings. The SMILES string of the molecule is CNC(=O)COc1cc2cc(Nc3nc(N4CCC(N(C)c5ccc6c(c5)CN(C5CCC(=O)NC5=O)C6=O)CC4)ncc3Cl)ccc2n(C)c1=O. The summed E-state index contributed by atoms with van der Waals surface area (Å²) in [4.78, 5) is 76.9. The number of hydrogen-bond donors (Lipinski definition) is 3. The number of fused-ring (bicyclic) bond motifs is 2. The summed E-state index contributed by atoms with van der Waals surface area (Å²) in [6, 6.07) is 12.5. The lowest BCUT2D eigenvalue weighted by atomic mass is 10.0. The first-order valence-corrected chi connectivity index (χ1v) is 17.4. The molecule has 0 radical (unpaired) electrons. The number of nitrogens with one attached hydrogen (secondary N) is 3. The predicted octanol–water partition coefficient (Wildman–Crippen LogP) is 2.72. The highest BCUT2D eigenvalue weighted by Gasteiger charge is 2.39. The monoisotopic (exact) mass is 727 g/mol. The van der Waals surface area contributed by atoms with Gasteiger partial charge in [-0.1, -0.05) is 11.6 Å². The topological polar surface area (TPSA) is 171 Å². The van der Waals surface area contributed by atoms with Crippen LogP contribution in [0.2, 0.25) is 5.02 Å². The Bertz CT molecular complexity index is 2170. The summed E-state index contributed by atoms with van der Waals surface area (Å²) in [6.07, 6.45) is 3.81. The van der Waals surface area contributed by atoms with Gasteiger partial charge in [-0.05, 0) is 67.3 Å². The average molecular weight is 728 g/mol. The number of carbonyl (C=O) groups excluding carboxylic acids is 4. The van der Waals surface area contributed by atoms with E-state index in [1.807, 2.05) is 36.4 Å². The van der Waals surface area contributed by atoms with E-state index < -0.39 is 11.9 Å². The highest BCUT2D eigenvalue weighted by Crippen LogP contribution is 2.33. The summed E-state index contributed by atoms with van der Waals surface area (Å²) >= 11 is 6.53. The van der Waals surface area contributed by atoms with Crippen LogP contribution in [0.1, 0.15) is 41.6 Å². The standard InChI is InChI=1S/C36H38ClN9O6/c1-38-31(48)19-52-29-16-20-14-22(4-7-27(20)44(3)35(29)51)40-32-26(37)17-39-36(42-32)45-12-10-23(11-13-45)43(2)24-5-6-25-21(15-24)18-46(34(25)50)28-8-9-30(47)41-33(28)49/h4-7,14-17,23,28H,8-13,18-19H2,1-3H3,(H,38,48)(H,39,40,42)(H,41,47,49). The molecule has 3 aliphatic rings. The van der Waals surface area contributed by atoms with Gasteiger partial charge in [0.05, 0.1) is 11.7 Å². The van der Waals surface area contributed by atoms with Crippen LogP contribution in [0.4, 0.5) is 23.1 Å². The van der Waals surface area contributed by atoms with E-state index in [1.165, 1.54) is 11.6 Å². The Morgan fingerprint density at radius 3 is 2.62 bits per heavy atom. The highest BCUT2D eigenvalue weighted by molar-refractivity contribution is 6.33. The molecule has 3 aliphatic heterocycles. The van der Waals surface area contributed by atoms with Crippen LogP contribution < -0.4 is 36.0 Å².